The summed E-state index contributed by atoms with van der Waals surface area (Å²) in [6.45, 7) is 1.23. The molecule has 19 heavy (non-hydrogen) atoms. The lowest BCUT2D eigenvalue weighted by molar-refractivity contribution is -0.199. The lowest BCUT2D eigenvalue weighted by Crippen LogP contribution is -2.47. The van der Waals surface area contributed by atoms with E-state index in [9.17, 15) is 13.2 Å². The summed E-state index contributed by atoms with van der Waals surface area (Å²) in [4.78, 5) is 0. The van der Waals surface area contributed by atoms with Crippen LogP contribution in [0.4, 0.5) is 13.2 Å². The summed E-state index contributed by atoms with van der Waals surface area (Å²) >= 11 is 0. The van der Waals surface area contributed by atoms with Gasteiger partial charge in [0.2, 0.25) is 6.10 Å². The van der Waals surface area contributed by atoms with Gasteiger partial charge in [0.25, 0.3) is 0 Å². The second-order valence-electron chi connectivity index (χ2n) is 3.99. The number of nitrogens with two attached hydrogens (primary N) is 1. The summed E-state index contributed by atoms with van der Waals surface area (Å²) < 4.78 is 53.1. The first kappa shape index (κ1) is 15.4. The van der Waals surface area contributed by atoms with E-state index in [1.165, 1.54) is 39.3 Å². The average molecular weight is 279 g/mol. The lowest BCUT2D eigenvalue weighted by atomic mass is 10.2. The summed E-state index contributed by atoms with van der Waals surface area (Å²) in [7, 11) is 2.79. The van der Waals surface area contributed by atoms with Crippen LogP contribution in [0.2, 0.25) is 0 Å². The Bertz CT molecular complexity index is 399. The van der Waals surface area contributed by atoms with Crippen LogP contribution in [0.1, 0.15) is 6.92 Å². The standard InChI is InChI=1S/C12H16F3NO3/c1-7(16)11(12(13,14)15)19-10-5-8(17-2)4-9(6-10)18-3/h4-7,11H,16H2,1-3H3. The molecule has 0 aromatic heterocycles. The zero-order valence-corrected chi connectivity index (χ0v) is 10.8. The van der Waals surface area contributed by atoms with E-state index in [0.717, 1.165) is 0 Å². The smallest absolute Gasteiger partial charge is 0.426 e. The minimum atomic E-state index is -4.55. The molecule has 0 heterocycles. The second kappa shape index (κ2) is 6.01. The number of alkyl halides is 3. The second-order valence-corrected chi connectivity index (χ2v) is 3.99. The van der Waals surface area contributed by atoms with Gasteiger partial charge in [0, 0.05) is 24.2 Å². The summed E-state index contributed by atoms with van der Waals surface area (Å²) in [6.07, 6.45) is -6.64. The van der Waals surface area contributed by atoms with Gasteiger partial charge in [0.1, 0.15) is 17.2 Å². The fourth-order valence-corrected chi connectivity index (χ4v) is 1.47. The molecule has 1 rings (SSSR count). The van der Waals surface area contributed by atoms with Crippen molar-refractivity contribution < 1.29 is 27.4 Å². The predicted octanol–water partition coefficient (Wildman–Crippen LogP) is 2.36. The Morgan fingerprint density at radius 3 is 1.74 bits per heavy atom. The van der Waals surface area contributed by atoms with Gasteiger partial charge in [-0.25, -0.2) is 0 Å². The van der Waals surface area contributed by atoms with Crippen LogP contribution in [0.3, 0.4) is 0 Å². The molecule has 0 radical (unpaired) electrons. The van der Waals surface area contributed by atoms with Crippen molar-refractivity contribution >= 4 is 0 Å². The maximum absolute atomic E-state index is 12.8. The lowest BCUT2D eigenvalue weighted by Gasteiger charge is -2.25. The molecule has 0 saturated heterocycles. The largest absolute Gasteiger partial charge is 0.496 e. The molecule has 0 spiro atoms. The molecule has 4 nitrogen and oxygen atoms in total. The fraction of sp³-hybridized carbons (Fsp3) is 0.500. The molecule has 0 bridgehead atoms. The third-order valence-corrected chi connectivity index (χ3v) is 2.39. The van der Waals surface area contributed by atoms with Gasteiger partial charge in [-0.05, 0) is 6.92 Å². The first-order valence-electron chi connectivity index (χ1n) is 5.50. The van der Waals surface area contributed by atoms with Crippen molar-refractivity contribution in [1.82, 2.24) is 0 Å². The van der Waals surface area contributed by atoms with Gasteiger partial charge in [0.05, 0.1) is 14.2 Å². The first-order valence-corrected chi connectivity index (χ1v) is 5.50. The van der Waals surface area contributed by atoms with E-state index in [4.69, 9.17) is 19.9 Å². The maximum Gasteiger partial charge on any atom is 0.426 e. The third-order valence-electron chi connectivity index (χ3n) is 2.39. The van der Waals surface area contributed by atoms with Crippen LogP contribution in [-0.4, -0.2) is 32.5 Å². The number of ether oxygens (including phenoxy) is 3. The van der Waals surface area contributed by atoms with Crippen molar-refractivity contribution in [3.63, 3.8) is 0 Å². The van der Waals surface area contributed by atoms with E-state index in [1.54, 1.807) is 0 Å². The van der Waals surface area contributed by atoms with E-state index >= 15 is 0 Å². The summed E-state index contributed by atoms with van der Waals surface area (Å²) in [5, 5.41) is 0. The van der Waals surface area contributed by atoms with Crippen molar-refractivity contribution in [2.45, 2.75) is 25.2 Å². The van der Waals surface area contributed by atoms with Gasteiger partial charge < -0.3 is 19.9 Å². The van der Waals surface area contributed by atoms with E-state index in [0.29, 0.717) is 11.5 Å². The number of hydrogen-bond acceptors (Lipinski definition) is 4. The molecular formula is C12H16F3NO3. The average Bonchev–Trinajstić information content (AvgIpc) is 2.33. The highest BCUT2D eigenvalue weighted by Crippen LogP contribution is 2.32. The predicted molar refractivity (Wildman–Crippen MR) is 63.7 cm³/mol. The summed E-state index contributed by atoms with van der Waals surface area (Å²) in [6, 6.07) is 3.01. The number of methoxy groups -OCH3 is 2. The van der Waals surface area contributed by atoms with Crippen molar-refractivity contribution in [3.05, 3.63) is 18.2 Å². The molecule has 0 amide bonds. The number of halogens is 3. The monoisotopic (exact) mass is 279 g/mol. The van der Waals surface area contributed by atoms with E-state index in [-0.39, 0.29) is 5.75 Å². The van der Waals surface area contributed by atoms with Crippen LogP contribution < -0.4 is 19.9 Å². The van der Waals surface area contributed by atoms with Gasteiger partial charge in [-0.15, -0.1) is 0 Å². The van der Waals surface area contributed by atoms with Crippen LogP contribution in [0, 0.1) is 0 Å². The Morgan fingerprint density at radius 1 is 1.00 bits per heavy atom. The topological polar surface area (TPSA) is 53.7 Å². The molecule has 0 fully saturated rings. The quantitative estimate of drug-likeness (QED) is 0.899. The van der Waals surface area contributed by atoms with Gasteiger partial charge in [0.15, 0.2) is 0 Å². The SMILES string of the molecule is COc1cc(OC)cc(OC(C(C)N)C(F)(F)F)c1. The van der Waals surface area contributed by atoms with Gasteiger partial charge in [-0.3, -0.25) is 0 Å². The first-order chi connectivity index (χ1) is 8.77. The van der Waals surface area contributed by atoms with Crippen LogP contribution >= 0.6 is 0 Å². The number of rotatable bonds is 5. The Hall–Kier alpha value is -1.63. The zero-order valence-electron chi connectivity index (χ0n) is 10.8. The number of hydrogen-bond donors (Lipinski definition) is 1. The van der Waals surface area contributed by atoms with Crippen LogP contribution in [-0.2, 0) is 0 Å². The van der Waals surface area contributed by atoms with Crippen molar-refractivity contribution in [2.75, 3.05) is 14.2 Å². The number of benzene rings is 1. The molecule has 0 aliphatic heterocycles. The van der Waals surface area contributed by atoms with E-state index < -0.39 is 18.3 Å². The Balaban J connectivity index is 3.02. The Morgan fingerprint density at radius 2 is 1.42 bits per heavy atom. The maximum atomic E-state index is 12.8. The van der Waals surface area contributed by atoms with Crippen LogP contribution in [0.15, 0.2) is 18.2 Å². The summed E-state index contributed by atoms with van der Waals surface area (Å²) in [5.41, 5.74) is 5.30. The Kier molecular flexibility index (Phi) is 4.88. The molecular weight excluding hydrogens is 263 g/mol. The van der Waals surface area contributed by atoms with Crippen molar-refractivity contribution in [1.29, 1.82) is 0 Å². The molecule has 2 atom stereocenters. The van der Waals surface area contributed by atoms with Gasteiger partial charge in [-0.1, -0.05) is 0 Å². The fourth-order valence-electron chi connectivity index (χ4n) is 1.47. The zero-order chi connectivity index (χ0) is 14.6. The molecule has 7 heteroatoms. The van der Waals surface area contributed by atoms with Gasteiger partial charge in [-0.2, -0.15) is 13.2 Å². The molecule has 1 aromatic rings. The molecule has 0 saturated carbocycles. The highest BCUT2D eigenvalue weighted by molar-refractivity contribution is 5.42. The minimum Gasteiger partial charge on any atom is -0.496 e. The van der Waals surface area contributed by atoms with Crippen LogP contribution in [0.5, 0.6) is 17.2 Å². The molecule has 2 N–H and O–H groups in total. The third kappa shape index (κ3) is 4.20. The van der Waals surface area contributed by atoms with E-state index in [1.807, 2.05) is 0 Å². The molecule has 0 aliphatic carbocycles. The van der Waals surface area contributed by atoms with Crippen molar-refractivity contribution in [3.8, 4) is 17.2 Å². The summed E-state index contributed by atoms with van der Waals surface area (Å²) in [5.74, 6) is 0.649. The minimum absolute atomic E-state index is 0.0178. The Labute approximate surface area is 109 Å². The highest BCUT2D eigenvalue weighted by Gasteiger charge is 2.44. The van der Waals surface area contributed by atoms with Gasteiger partial charge >= 0.3 is 6.18 Å². The normalized spacial score (nSPS) is 14.7. The van der Waals surface area contributed by atoms with Crippen LogP contribution in [0.25, 0.3) is 0 Å². The van der Waals surface area contributed by atoms with E-state index in [2.05, 4.69) is 0 Å². The molecule has 2 unspecified atom stereocenters. The van der Waals surface area contributed by atoms with Crippen molar-refractivity contribution in [2.24, 2.45) is 5.73 Å². The highest BCUT2D eigenvalue weighted by atomic mass is 19.4. The molecule has 1 aromatic carbocycles. The molecule has 108 valence electrons. The molecule has 0 aliphatic rings.